The van der Waals surface area contributed by atoms with Crippen LogP contribution in [0, 0.1) is 10.1 Å². The van der Waals surface area contributed by atoms with Gasteiger partial charge in [0.25, 0.3) is 5.69 Å². The van der Waals surface area contributed by atoms with Gasteiger partial charge in [0.15, 0.2) is 0 Å². The zero-order valence-electron chi connectivity index (χ0n) is 20.2. The molecule has 0 aromatic heterocycles. The van der Waals surface area contributed by atoms with Gasteiger partial charge < -0.3 is 14.7 Å². The number of piperazine rings is 2. The molecule has 0 amide bonds. The zero-order valence-corrected chi connectivity index (χ0v) is 21.8. The van der Waals surface area contributed by atoms with Crippen LogP contribution < -0.4 is 14.7 Å². The molecule has 2 saturated heterocycles. The molecule has 0 N–H and O–H groups in total. The Morgan fingerprint density at radius 1 is 0.703 bits per heavy atom. The third kappa shape index (κ3) is 5.36. The quantitative estimate of drug-likeness (QED) is 0.343. The predicted molar refractivity (Wildman–Crippen MR) is 146 cm³/mol. The van der Waals surface area contributed by atoms with Gasteiger partial charge in [-0.15, -0.1) is 0 Å². The molecule has 0 aliphatic carbocycles. The van der Waals surface area contributed by atoms with E-state index in [1.165, 1.54) is 16.4 Å². The summed E-state index contributed by atoms with van der Waals surface area (Å²) in [6.07, 6.45) is 0. The molecule has 0 unspecified atom stereocenters. The normalized spacial score (nSPS) is 17.2. The molecule has 2 fully saturated rings. The van der Waals surface area contributed by atoms with Gasteiger partial charge in [0.05, 0.1) is 9.82 Å². The van der Waals surface area contributed by atoms with Crippen LogP contribution in [0.4, 0.5) is 22.7 Å². The summed E-state index contributed by atoms with van der Waals surface area (Å²) in [5.41, 5.74) is 2.69. The van der Waals surface area contributed by atoms with Crippen molar-refractivity contribution in [3.8, 4) is 0 Å². The summed E-state index contributed by atoms with van der Waals surface area (Å²) >= 11 is 5.91. The highest BCUT2D eigenvalue weighted by Gasteiger charge is 2.30. The first-order valence-corrected chi connectivity index (χ1v) is 14.0. The number of para-hydroxylation sites is 1. The van der Waals surface area contributed by atoms with E-state index in [1.807, 2.05) is 24.3 Å². The monoisotopic (exact) mass is 541 g/mol. The van der Waals surface area contributed by atoms with Gasteiger partial charge in [0.1, 0.15) is 5.69 Å². The van der Waals surface area contributed by atoms with Crippen LogP contribution in [0.5, 0.6) is 0 Å². The minimum Gasteiger partial charge on any atom is -0.369 e. The summed E-state index contributed by atoms with van der Waals surface area (Å²) < 4.78 is 27.5. The van der Waals surface area contributed by atoms with Crippen molar-refractivity contribution in [3.63, 3.8) is 0 Å². The Morgan fingerprint density at radius 2 is 1.27 bits per heavy atom. The number of sulfonamides is 1. The van der Waals surface area contributed by atoms with Crippen molar-refractivity contribution in [2.75, 3.05) is 67.1 Å². The number of anilines is 3. The molecule has 11 heteroatoms. The summed E-state index contributed by atoms with van der Waals surface area (Å²) in [6.45, 7) is 4.52. The van der Waals surface area contributed by atoms with E-state index in [1.54, 1.807) is 24.3 Å². The van der Waals surface area contributed by atoms with Gasteiger partial charge in [-0.1, -0.05) is 29.8 Å². The molecular formula is C26H28ClN5O4S. The Hall–Kier alpha value is -3.34. The molecule has 9 nitrogen and oxygen atoms in total. The number of rotatable bonds is 6. The van der Waals surface area contributed by atoms with E-state index in [0.29, 0.717) is 50.0 Å². The molecule has 2 heterocycles. The van der Waals surface area contributed by atoms with Crippen molar-refractivity contribution >= 4 is 44.4 Å². The lowest BCUT2D eigenvalue weighted by atomic mass is 10.1. The minimum atomic E-state index is -3.61. The average Bonchev–Trinajstić information content (AvgIpc) is 2.93. The van der Waals surface area contributed by atoms with Gasteiger partial charge >= 0.3 is 0 Å². The van der Waals surface area contributed by atoms with Gasteiger partial charge in [0, 0.05) is 74.8 Å². The van der Waals surface area contributed by atoms with E-state index in [-0.39, 0.29) is 15.5 Å². The molecule has 3 aromatic rings. The number of halogens is 1. The van der Waals surface area contributed by atoms with E-state index < -0.39 is 10.0 Å². The van der Waals surface area contributed by atoms with Crippen molar-refractivity contribution in [2.24, 2.45) is 0 Å². The van der Waals surface area contributed by atoms with Crippen molar-refractivity contribution in [3.05, 3.63) is 87.9 Å². The third-order valence-corrected chi connectivity index (χ3v) is 9.12. The summed E-state index contributed by atoms with van der Waals surface area (Å²) in [4.78, 5) is 18.1. The van der Waals surface area contributed by atoms with Gasteiger partial charge in [-0.25, -0.2) is 8.42 Å². The molecule has 37 heavy (non-hydrogen) atoms. The molecule has 2 aliphatic rings. The number of nitrogens with zero attached hydrogens (tertiary/aromatic N) is 5. The summed E-state index contributed by atoms with van der Waals surface area (Å²) in [6, 6.07) is 21.5. The second-order valence-electron chi connectivity index (χ2n) is 9.08. The van der Waals surface area contributed by atoms with Gasteiger partial charge in [0.2, 0.25) is 10.0 Å². The lowest BCUT2D eigenvalue weighted by molar-refractivity contribution is -0.384. The SMILES string of the molecule is O=[N+]([O-])c1ccc(N2CCN(S(=O)(=O)c3ccc(Cl)cc3)CC2)cc1N1CCN(c2ccccc2)CC1. The average molecular weight is 542 g/mol. The molecule has 194 valence electrons. The van der Waals surface area contributed by atoms with Crippen LogP contribution in [-0.2, 0) is 10.0 Å². The van der Waals surface area contributed by atoms with Crippen LogP contribution in [0.2, 0.25) is 5.02 Å². The number of nitro benzene ring substituents is 1. The van der Waals surface area contributed by atoms with Crippen molar-refractivity contribution in [2.45, 2.75) is 4.90 Å². The van der Waals surface area contributed by atoms with E-state index in [4.69, 9.17) is 11.6 Å². The molecule has 2 aliphatic heterocycles. The number of nitro groups is 1. The van der Waals surface area contributed by atoms with Gasteiger partial charge in [-0.05, 0) is 48.5 Å². The van der Waals surface area contributed by atoms with Crippen LogP contribution >= 0.6 is 11.6 Å². The Morgan fingerprint density at radius 3 is 1.89 bits per heavy atom. The highest BCUT2D eigenvalue weighted by atomic mass is 35.5. The van der Waals surface area contributed by atoms with Crippen LogP contribution in [0.15, 0.2) is 77.7 Å². The van der Waals surface area contributed by atoms with Crippen molar-refractivity contribution in [1.29, 1.82) is 0 Å². The standard InChI is InChI=1S/C26H28ClN5O4S/c27-21-6-9-24(10-7-21)37(35,36)31-18-16-29(17-19-31)23-8-11-25(32(33)34)26(20-23)30-14-12-28(13-15-30)22-4-2-1-3-5-22/h1-11,20H,12-19H2. The van der Waals surface area contributed by atoms with E-state index in [2.05, 4.69) is 26.8 Å². The second kappa shape index (κ2) is 10.6. The molecule has 0 bridgehead atoms. The number of hydrogen-bond donors (Lipinski definition) is 0. The topological polar surface area (TPSA) is 90.2 Å². The van der Waals surface area contributed by atoms with Crippen molar-refractivity contribution in [1.82, 2.24) is 4.31 Å². The Bertz CT molecular complexity index is 1360. The number of hydrogen-bond acceptors (Lipinski definition) is 7. The van der Waals surface area contributed by atoms with E-state index >= 15 is 0 Å². The summed E-state index contributed by atoms with van der Waals surface area (Å²) in [5, 5.41) is 12.3. The summed E-state index contributed by atoms with van der Waals surface area (Å²) in [7, 11) is -3.61. The first-order valence-electron chi connectivity index (χ1n) is 12.2. The molecular weight excluding hydrogens is 514 g/mol. The number of benzene rings is 3. The fraction of sp³-hybridized carbons (Fsp3) is 0.308. The molecule has 0 saturated carbocycles. The molecule has 3 aromatic carbocycles. The molecule has 0 radical (unpaired) electrons. The van der Waals surface area contributed by atoms with Gasteiger partial charge in [-0.3, -0.25) is 10.1 Å². The highest BCUT2D eigenvalue weighted by Crippen LogP contribution is 2.34. The zero-order chi connectivity index (χ0) is 26.0. The maximum absolute atomic E-state index is 13.0. The fourth-order valence-corrected chi connectivity index (χ4v) is 6.45. The maximum Gasteiger partial charge on any atom is 0.292 e. The van der Waals surface area contributed by atoms with Crippen LogP contribution in [0.25, 0.3) is 0 Å². The van der Waals surface area contributed by atoms with Crippen LogP contribution in [0.1, 0.15) is 0 Å². The van der Waals surface area contributed by atoms with Crippen LogP contribution in [0.3, 0.4) is 0 Å². The van der Waals surface area contributed by atoms with E-state index in [0.717, 1.165) is 24.5 Å². The lowest BCUT2D eigenvalue weighted by Crippen LogP contribution is -2.49. The predicted octanol–water partition coefficient (Wildman–Crippen LogP) is 4.09. The Kier molecular flexibility index (Phi) is 7.23. The third-order valence-electron chi connectivity index (χ3n) is 6.95. The summed E-state index contributed by atoms with van der Waals surface area (Å²) in [5.74, 6) is 0. The molecule has 0 spiro atoms. The highest BCUT2D eigenvalue weighted by molar-refractivity contribution is 7.89. The molecule has 5 rings (SSSR count). The maximum atomic E-state index is 13.0. The second-order valence-corrected chi connectivity index (χ2v) is 11.5. The van der Waals surface area contributed by atoms with E-state index in [9.17, 15) is 18.5 Å². The first kappa shape index (κ1) is 25.3. The minimum absolute atomic E-state index is 0.0841. The lowest BCUT2D eigenvalue weighted by Gasteiger charge is -2.38. The molecule has 0 atom stereocenters. The Balaban J connectivity index is 1.29. The smallest absolute Gasteiger partial charge is 0.292 e. The largest absolute Gasteiger partial charge is 0.369 e. The fourth-order valence-electron chi connectivity index (χ4n) is 4.90. The van der Waals surface area contributed by atoms with Crippen molar-refractivity contribution < 1.29 is 13.3 Å². The van der Waals surface area contributed by atoms with Gasteiger partial charge in [-0.2, -0.15) is 4.31 Å². The first-order chi connectivity index (χ1) is 17.8. The van der Waals surface area contributed by atoms with Crippen LogP contribution in [-0.4, -0.2) is 70.0 Å². The Labute approximate surface area is 221 Å².